The van der Waals surface area contributed by atoms with Gasteiger partial charge in [0.15, 0.2) is 0 Å². The highest BCUT2D eigenvalue weighted by atomic mass is 15.3. The van der Waals surface area contributed by atoms with E-state index in [0.29, 0.717) is 6.04 Å². The first-order valence-electron chi connectivity index (χ1n) is 3.59. The quantitative estimate of drug-likeness (QED) is 0.360. The maximum atomic E-state index is 3.58. The summed E-state index contributed by atoms with van der Waals surface area (Å²) in [6, 6.07) is 0.303. The van der Waals surface area contributed by atoms with E-state index in [9.17, 15) is 0 Å². The lowest BCUT2D eigenvalue weighted by Gasteiger charge is -2.05. The summed E-state index contributed by atoms with van der Waals surface area (Å²) in [6.45, 7) is 9.64. The Kier molecular flexibility index (Phi) is 4.63. The van der Waals surface area contributed by atoms with E-state index in [4.69, 9.17) is 0 Å². The molecule has 1 unspecified atom stereocenters. The Morgan fingerprint density at radius 3 is 2.80 bits per heavy atom. The van der Waals surface area contributed by atoms with Crippen molar-refractivity contribution in [1.29, 1.82) is 0 Å². The Morgan fingerprint density at radius 2 is 2.40 bits per heavy atom. The Balaban J connectivity index is 3.73. The minimum absolute atomic E-state index is 0.303. The van der Waals surface area contributed by atoms with Gasteiger partial charge in [-0.2, -0.15) is 5.10 Å². The summed E-state index contributed by atoms with van der Waals surface area (Å²) in [4.78, 5) is 0. The monoisotopic (exact) mass is 140 g/mol. The summed E-state index contributed by atoms with van der Waals surface area (Å²) in [5, 5.41) is 3.58. The molecule has 10 heavy (non-hydrogen) atoms. The van der Waals surface area contributed by atoms with Gasteiger partial charge in [-0.3, -0.25) is 0 Å². The van der Waals surface area contributed by atoms with Gasteiger partial charge in [0, 0.05) is 6.72 Å². The van der Waals surface area contributed by atoms with Crippen molar-refractivity contribution in [2.45, 2.75) is 33.2 Å². The molecule has 0 saturated carbocycles. The van der Waals surface area contributed by atoms with Crippen LogP contribution in [-0.4, -0.2) is 12.8 Å². The molecule has 0 saturated heterocycles. The van der Waals surface area contributed by atoms with Crippen LogP contribution in [0.25, 0.3) is 0 Å². The molecule has 0 aliphatic heterocycles. The SMILES string of the molecule is C=NNC(C)/C=C(/C)CC. The van der Waals surface area contributed by atoms with E-state index in [-0.39, 0.29) is 0 Å². The topological polar surface area (TPSA) is 24.4 Å². The lowest BCUT2D eigenvalue weighted by atomic mass is 10.2. The molecule has 0 aliphatic carbocycles. The number of rotatable bonds is 4. The minimum atomic E-state index is 0.303. The molecule has 1 atom stereocenters. The van der Waals surface area contributed by atoms with E-state index >= 15 is 0 Å². The van der Waals surface area contributed by atoms with Crippen LogP contribution in [0.15, 0.2) is 16.8 Å². The van der Waals surface area contributed by atoms with Gasteiger partial charge in [-0.25, -0.2) is 0 Å². The molecule has 1 N–H and O–H groups in total. The molecule has 0 radical (unpaired) electrons. The van der Waals surface area contributed by atoms with E-state index in [0.717, 1.165) is 6.42 Å². The molecule has 0 aromatic rings. The van der Waals surface area contributed by atoms with Gasteiger partial charge in [-0.15, -0.1) is 0 Å². The average molecular weight is 140 g/mol. The number of hydrogen-bond donors (Lipinski definition) is 1. The van der Waals surface area contributed by atoms with Crippen molar-refractivity contribution >= 4 is 6.72 Å². The summed E-state index contributed by atoms with van der Waals surface area (Å²) >= 11 is 0. The van der Waals surface area contributed by atoms with Crippen LogP contribution in [0.4, 0.5) is 0 Å². The standard InChI is InChI=1S/C8H16N2/c1-5-7(2)6-8(3)10-9-4/h6,8,10H,4-5H2,1-3H3/b7-6-. The highest BCUT2D eigenvalue weighted by molar-refractivity contribution is 5.22. The van der Waals surface area contributed by atoms with Gasteiger partial charge in [-0.1, -0.05) is 18.6 Å². The maximum absolute atomic E-state index is 3.58. The fourth-order valence-corrected chi connectivity index (χ4v) is 0.726. The van der Waals surface area contributed by atoms with Crippen molar-refractivity contribution in [3.63, 3.8) is 0 Å². The molecule has 0 heterocycles. The largest absolute Gasteiger partial charge is 0.304 e. The van der Waals surface area contributed by atoms with Crippen molar-refractivity contribution in [1.82, 2.24) is 5.43 Å². The van der Waals surface area contributed by atoms with Gasteiger partial charge < -0.3 is 5.43 Å². The van der Waals surface area contributed by atoms with Crippen molar-refractivity contribution < 1.29 is 0 Å². The summed E-state index contributed by atoms with van der Waals surface area (Å²) in [5.41, 5.74) is 4.23. The molecule has 0 amide bonds. The Hall–Kier alpha value is -0.790. The summed E-state index contributed by atoms with van der Waals surface area (Å²) in [5.74, 6) is 0. The van der Waals surface area contributed by atoms with Crippen LogP contribution in [0.3, 0.4) is 0 Å². The maximum Gasteiger partial charge on any atom is 0.0594 e. The number of hydrogen-bond acceptors (Lipinski definition) is 2. The second kappa shape index (κ2) is 5.03. The third kappa shape index (κ3) is 4.13. The summed E-state index contributed by atoms with van der Waals surface area (Å²) < 4.78 is 0. The molecule has 0 rings (SSSR count). The predicted octanol–water partition coefficient (Wildman–Crippen LogP) is 1.94. The molecular formula is C8H16N2. The van der Waals surface area contributed by atoms with E-state index < -0.39 is 0 Å². The lowest BCUT2D eigenvalue weighted by molar-refractivity contribution is 0.671. The highest BCUT2D eigenvalue weighted by Crippen LogP contribution is 1.99. The number of nitrogens with one attached hydrogen (secondary N) is 1. The van der Waals surface area contributed by atoms with Gasteiger partial charge in [-0.05, 0) is 20.3 Å². The molecule has 0 aromatic heterocycles. The molecule has 0 bridgehead atoms. The van der Waals surface area contributed by atoms with Gasteiger partial charge in [0.05, 0.1) is 6.04 Å². The van der Waals surface area contributed by atoms with Crippen molar-refractivity contribution in [3.8, 4) is 0 Å². The van der Waals surface area contributed by atoms with Crippen LogP contribution in [0.5, 0.6) is 0 Å². The molecule has 0 aromatic carbocycles. The summed E-state index contributed by atoms with van der Waals surface area (Å²) in [7, 11) is 0. The second-order valence-electron chi connectivity index (χ2n) is 2.44. The van der Waals surface area contributed by atoms with E-state index in [2.05, 4.69) is 37.2 Å². The third-order valence-electron chi connectivity index (χ3n) is 1.39. The van der Waals surface area contributed by atoms with Crippen LogP contribution in [0.1, 0.15) is 27.2 Å². The van der Waals surface area contributed by atoms with Gasteiger partial charge in [0.2, 0.25) is 0 Å². The van der Waals surface area contributed by atoms with Gasteiger partial charge in [0.25, 0.3) is 0 Å². The van der Waals surface area contributed by atoms with Crippen molar-refractivity contribution in [2.24, 2.45) is 5.10 Å². The molecule has 0 spiro atoms. The first-order valence-corrected chi connectivity index (χ1v) is 3.59. The van der Waals surface area contributed by atoms with E-state index in [1.54, 1.807) is 0 Å². The lowest BCUT2D eigenvalue weighted by Crippen LogP contribution is -2.17. The zero-order valence-electron chi connectivity index (χ0n) is 7.02. The number of nitrogens with zero attached hydrogens (tertiary/aromatic N) is 1. The molecule has 58 valence electrons. The van der Waals surface area contributed by atoms with Crippen LogP contribution < -0.4 is 5.43 Å². The smallest absolute Gasteiger partial charge is 0.0594 e. The zero-order chi connectivity index (χ0) is 7.98. The normalized spacial score (nSPS) is 14.5. The van der Waals surface area contributed by atoms with Crippen molar-refractivity contribution in [3.05, 3.63) is 11.6 Å². The summed E-state index contributed by atoms with van der Waals surface area (Å²) in [6.07, 6.45) is 3.25. The van der Waals surface area contributed by atoms with E-state index in [1.807, 2.05) is 6.92 Å². The first-order chi connectivity index (χ1) is 4.70. The van der Waals surface area contributed by atoms with Gasteiger partial charge in [0.1, 0.15) is 0 Å². The fourth-order valence-electron chi connectivity index (χ4n) is 0.726. The van der Waals surface area contributed by atoms with Gasteiger partial charge >= 0.3 is 0 Å². The molecular weight excluding hydrogens is 124 g/mol. The Morgan fingerprint density at radius 1 is 1.80 bits per heavy atom. The first kappa shape index (κ1) is 9.21. The van der Waals surface area contributed by atoms with Crippen LogP contribution in [-0.2, 0) is 0 Å². The van der Waals surface area contributed by atoms with Crippen LogP contribution >= 0.6 is 0 Å². The van der Waals surface area contributed by atoms with Crippen molar-refractivity contribution in [2.75, 3.05) is 0 Å². The molecule has 0 aliphatic rings. The third-order valence-corrected chi connectivity index (χ3v) is 1.39. The molecule has 2 nitrogen and oxygen atoms in total. The van der Waals surface area contributed by atoms with E-state index in [1.165, 1.54) is 5.57 Å². The van der Waals surface area contributed by atoms with Crippen LogP contribution in [0, 0.1) is 0 Å². The predicted molar refractivity (Wildman–Crippen MR) is 46.2 cm³/mol. The number of hydrazone groups is 1. The highest BCUT2D eigenvalue weighted by Gasteiger charge is 1.92. The second-order valence-corrected chi connectivity index (χ2v) is 2.44. The molecule has 0 fully saturated rings. The molecule has 2 heteroatoms. The zero-order valence-corrected chi connectivity index (χ0v) is 7.02. The Bertz CT molecular complexity index is 127. The Labute approximate surface area is 63.0 Å². The van der Waals surface area contributed by atoms with Crippen LogP contribution in [0.2, 0.25) is 0 Å². The average Bonchev–Trinajstić information content (AvgIpc) is 1.88. The number of allylic oxidation sites excluding steroid dienone is 1. The minimum Gasteiger partial charge on any atom is -0.304 e. The fraction of sp³-hybridized carbons (Fsp3) is 0.625.